The highest BCUT2D eigenvalue weighted by molar-refractivity contribution is 5.94. The molecule has 1 saturated heterocycles. The fourth-order valence-electron chi connectivity index (χ4n) is 5.57. The molecule has 1 aromatic carbocycles. The highest BCUT2D eigenvalue weighted by Crippen LogP contribution is 2.67. The number of halogens is 1. The summed E-state index contributed by atoms with van der Waals surface area (Å²) < 4.78 is 17.0. The van der Waals surface area contributed by atoms with E-state index in [1.807, 2.05) is 0 Å². The maximum Gasteiger partial charge on any atom is 0.329 e. The van der Waals surface area contributed by atoms with Crippen molar-refractivity contribution in [2.24, 2.45) is 11.3 Å². The molecule has 4 unspecified atom stereocenters. The van der Waals surface area contributed by atoms with Crippen LogP contribution in [-0.2, 0) is 0 Å². The van der Waals surface area contributed by atoms with E-state index in [1.54, 1.807) is 11.5 Å². The van der Waals surface area contributed by atoms with Gasteiger partial charge in [-0.15, -0.1) is 0 Å². The summed E-state index contributed by atoms with van der Waals surface area (Å²) in [4.78, 5) is 27.2. The number of H-pyrrole nitrogens is 1. The number of aromatic amines is 1. The summed E-state index contributed by atoms with van der Waals surface area (Å²) in [7, 11) is 0. The fourth-order valence-corrected chi connectivity index (χ4v) is 5.57. The van der Waals surface area contributed by atoms with Crippen LogP contribution in [0.4, 0.5) is 10.1 Å². The number of anilines is 1. The van der Waals surface area contributed by atoms with Crippen LogP contribution >= 0.6 is 0 Å². The smallest absolute Gasteiger partial charge is 0.329 e. The Labute approximate surface area is 165 Å². The summed E-state index contributed by atoms with van der Waals surface area (Å²) in [5.74, 6) is -1.01. The van der Waals surface area contributed by atoms with E-state index >= 15 is 4.39 Å². The Morgan fingerprint density at radius 3 is 2.76 bits per heavy atom. The van der Waals surface area contributed by atoms with E-state index in [9.17, 15) is 19.8 Å². The van der Waals surface area contributed by atoms with Crippen LogP contribution in [0.25, 0.3) is 10.9 Å². The van der Waals surface area contributed by atoms with Gasteiger partial charge in [0.1, 0.15) is 0 Å². The van der Waals surface area contributed by atoms with Crippen molar-refractivity contribution in [2.75, 3.05) is 25.4 Å². The maximum atomic E-state index is 15.5. The van der Waals surface area contributed by atoms with Gasteiger partial charge in [-0.3, -0.25) is 14.3 Å². The van der Waals surface area contributed by atoms with Gasteiger partial charge >= 0.3 is 5.69 Å². The molecule has 0 bridgehead atoms. The highest BCUT2D eigenvalue weighted by Gasteiger charge is 2.64. The standard InChI is InChI=1S/C20H25FN4O4/c1-8-13(10-4-20(10)7-23-5-11(20)12(27)6-26)15(21)16(22)14-17(8)25(9-2-3-9)19(29)24-18(14)28/h9-12,23,26-27H,2-7,22H2,1H3,(H,24,28,29). The van der Waals surface area contributed by atoms with Crippen molar-refractivity contribution in [2.45, 2.75) is 44.2 Å². The quantitative estimate of drug-likeness (QED) is 0.459. The molecule has 5 rings (SSSR count). The van der Waals surface area contributed by atoms with Gasteiger partial charge in [0.15, 0.2) is 5.82 Å². The molecule has 1 spiro atoms. The van der Waals surface area contributed by atoms with Crippen LogP contribution < -0.4 is 22.3 Å². The second kappa shape index (κ2) is 6.13. The van der Waals surface area contributed by atoms with Crippen molar-refractivity contribution in [3.8, 4) is 0 Å². The van der Waals surface area contributed by atoms with Gasteiger partial charge in [0.2, 0.25) is 0 Å². The van der Waals surface area contributed by atoms with E-state index in [0.29, 0.717) is 36.2 Å². The number of hydrogen-bond donors (Lipinski definition) is 5. The Morgan fingerprint density at radius 2 is 2.10 bits per heavy atom. The molecule has 0 amide bonds. The Kier molecular flexibility index (Phi) is 3.97. The third-order valence-electron chi connectivity index (χ3n) is 7.23. The zero-order valence-electron chi connectivity index (χ0n) is 16.2. The number of benzene rings is 1. The highest BCUT2D eigenvalue weighted by atomic mass is 19.1. The van der Waals surface area contributed by atoms with Crippen LogP contribution in [0.3, 0.4) is 0 Å². The van der Waals surface area contributed by atoms with E-state index < -0.39 is 23.2 Å². The average Bonchev–Trinajstić information content (AvgIpc) is 3.58. The van der Waals surface area contributed by atoms with Crippen molar-refractivity contribution in [1.82, 2.24) is 14.9 Å². The minimum absolute atomic E-state index is 0.0106. The molecular weight excluding hydrogens is 379 g/mol. The number of aliphatic hydroxyl groups excluding tert-OH is 2. The van der Waals surface area contributed by atoms with Gasteiger partial charge in [0.25, 0.3) is 5.56 Å². The van der Waals surface area contributed by atoms with Crippen LogP contribution in [0.5, 0.6) is 0 Å². The van der Waals surface area contributed by atoms with E-state index in [1.165, 1.54) is 0 Å². The largest absolute Gasteiger partial charge is 0.396 e. The molecule has 1 aromatic heterocycles. The Hall–Kier alpha value is -2.23. The normalized spacial score (nSPS) is 29.7. The first-order valence-corrected chi connectivity index (χ1v) is 10.1. The number of aliphatic hydroxyl groups is 2. The summed E-state index contributed by atoms with van der Waals surface area (Å²) in [6.07, 6.45) is 1.43. The van der Waals surface area contributed by atoms with Gasteiger partial charge in [-0.1, -0.05) is 0 Å². The zero-order valence-corrected chi connectivity index (χ0v) is 16.2. The van der Waals surface area contributed by atoms with Crippen molar-refractivity contribution in [3.63, 3.8) is 0 Å². The number of nitrogens with two attached hydrogens (primary N) is 1. The summed E-state index contributed by atoms with van der Waals surface area (Å²) in [5.41, 5.74) is 5.73. The third kappa shape index (κ3) is 2.47. The number of nitrogens with one attached hydrogen (secondary N) is 2. The Bertz CT molecular complexity index is 1140. The van der Waals surface area contributed by atoms with Crippen LogP contribution in [-0.4, -0.2) is 45.6 Å². The minimum Gasteiger partial charge on any atom is -0.396 e. The molecule has 2 heterocycles. The Morgan fingerprint density at radius 1 is 1.38 bits per heavy atom. The van der Waals surface area contributed by atoms with Gasteiger partial charge in [0, 0.05) is 25.0 Å². The molecule has 4 atom stereocenters. The molecular formula is C20H25FN4O4. The molecule has 2 saturated carbocycles. The first-order valence-electron chi connectivity index (χ1n) is 10.1. The van der Waals surface area contributed by atoms with E-state index in [2.05, 4.69) is 10.3 Å². The van der Waals surface area contributed by atoms with Crippen molar-refractivity contribution in [1.29, 1.82) is 0 Å². The SMILES string of the molecule is Cc1c(C2CC23CNCC3C(O)CO)c(F)c(N)c2c(=O)[nH]c(=O)n(C3CC3)c12. The number of hydrogen-bond acceptors (Lipinski definition) is 6. The molecule has 8 nitrogen and oxygen atoms in total. The maximum absolute atomic E-state index is 15.5. The van der Waals surface area contributed by atoms with Gasteiger partial charge in [-0.2, -0.15) is 0 Å². The predicted molar refractivity (Wildman–Crippen MR) is 105 cm³/mol. The lowest BCUT2D eigenvalue weighted by atomic mass is 9.83. The summed E-state index contributed by atoms with van der Waals surface area (Å²) >= 11 is 0. The number of rotatable bonds is 4. The van der Waals surface area contributed by atoms with E-state index in [4.69, 9.17) is 5.73 Å². The lowest BCUT2D eigenvalue weighted by Crippen LogP contribution is -2.33. The number of fused-ring (bicyclic) bond motifs is 1. The summed E-state index contributed by atoms with van der Waals surface area (Å²) in [6, 6.07) is -0.0106. The minimum atomic E-state index is -0.886. The predicted octanol–water partition coefficient (Wildman–Crippen LogP) is 0.101. The lowest BCUT2D eigenvalue weighted by molar-refractivity contribution is 0.0319. The molecule has 0 radical (unpaired) electrons. The number of nitrogen functional groups attached to an aromatic ring is 1. The molecule has 6 N–H and O–H groups in total. The Balaban J connectivity index is 1.74. The van der Waals surface area contributed by atoms with Crippen LogP contribution in [0, 0.1) is 24.1 Å². The topological polar surface area (TPSA) is 133 Å². The van der Waals surface area contributed by atoms with E-state index in [0.717, 1.165) is 12.8 Å². The zero-order chi connectivity index (χ0) is 20.7. The van der Waals surface area contributed by atoms with E-state index in [-0.39, 0.29) is 41.0 Å². The molecule has 2 aromatic rings. The second-order valence-corrected chi connectivity index (χ2v) is 8.83. The average molecular weight is 404 g/mol. The van der Waals surface area contributed by atoms with Crippen LogP contribution in [0.15, 0.2) is 9.59 Å². The monoisotopic (exact) mass is 404 g/mol. The van der Waals surface area contributed by atoms with Gasteiger partial charge < -0.3 is 21.3 Å². The molecule has 9 heteroatoms. The van der Waals surface area contributed by atoms with Gasteiger partial charge in [-0.25, -0.2) is 9.18 Å². The van der Waals surface area contributed by atoms with Crippen LogP contribution in [0.1, 0.15) is 42.3 Å². The number of nitrogens with zero attached hydrogens (tertiary/aromatic N) is 1. The number of aromatic nitrogens is 2. The molecule has 3 aliphatic rings. The second-order valence-electron chi connectivity index (χ2n) is 8.83. The molecule has 3 fully saturated rings. The van der Waals surface area contributed by atoms with Crippen LogP contribution in [0.2, 0.25) is 0 Å². The van der Waals surface area contributed by atoms with Crippen molar-refractivity contribution < 1.29 is 14.6 Å². The summed E-state index contributed by atoms with van der Waals surface area (Å²) in [5, 5.41) is 23.0. The fraction of sp³-hybridized carbons (Fsp3) is 0.600. The van der Waals surface area contributed by atoms with Gasteiger partial charge in [-0.05, 0) is 48.6 Å². The first kappa shape index (κ1) is 18.8. The molecule has 1 aliphatic heterocycles. The summed E-state index contributed by atoms with van der Waals surface area (Å²) in [6.45, 7) is 2.55. The first-order chi connectivity index (χ1) is 13.8. The third-order valence-corrected chi connectivity index (χ3v) is 7.23. The molecule has 29 heavy (non-hydrogen) atoms. The number of aryl methyl sites for hydroxylation is 1. The molecule has 156 valence electrons. The van der Waals surface area contributed by atoms with Crippen molar-refractivity contribution >= 4 is 16.6 Å². The molecule has 2 aliphatic carbocycles. The van der Waals surface area contributed by atoms with Crippen molar-refractivity contribution in [3.05, 3.63) is 37.8 Å². The van der Waals surface area contributed by atoms with Gasteiger partial charge in [0.05, 0.1) is 29.3 Å². The lowest BCUT2D eigenvalue weighted by Gasteiger charge is -2.25.